The fraction of sp³-hybridized carbons (Fsp3) is 0.333. The number of nitrogens with zero attached hydrogens (tertiary/aromatic N) is 3. The maximum absolute atomic E-state index is 10.3. The zero-order chi connectivity index (χ0) is 21.2. The Kier molecular flexibility index (Phi) is 8.32. The van der Waals surface area contributed by atoms with E-state index in [4.69, 9.17) is 4.74 Å². The molecule has 0 saturated heterocycles. The Labute approximate surface area is 178 Å². The molecule has 0 fully saturated rings. The van der Waals surface area contributed by atoms with E-state index in [9.17, 15) is 5.11 Å². The van der Waals surface area contributed by atoms with Crippen molar-refractivity contribution in [1.82, 2.24) is 20.2 Å². The fourth-order valence-electron chi connectivity index (χ4n) is 3.11. The Hall–Kier alpha value is -2.80. The van der Waals surface area contributed by atoms with Gasteiger partial charge in [0.15, 0.2) is 0 Å². The molecule has 0 spiro atoms. The van der Waals surface area contributed by atoms with Crippen molar-refractivity contribution in [2.75, 3.05) is 20.2 Å². The molecule has 0 bridgehead atoms. The van der Waals surface area contributed by atoms with E-state index in [0.29, 0.717) is 13.1 Å². The van der Waals surface area contributed by atoms with Crippen molar-refractivity contribution in [3.63, 3.8) is 0 Å². The molecule has 3 rings (SSSR count). The average molecular weight is 407 g/mol. The maximum atomic E-state index is 10.3. The molecular weight excluding hydrogens is 376 g/mol. The topological polar surface area (TPSA) is 70.5 Å². The van der Waals surface area contributed by atoms with E-state index >= 15 is 0 Å². The molecule has 0 amide bonds. The number of ether oxygens (including phenoxy) is 1. The third-order valence-electron chi connectivity index (χ3n) is 4.65. The number of aromatic nitrogens is 2. The van der Waals surface area contributed by atoms with Crippen LogP contribution in [0.2, 0.25) is 0 Å². The summed E-state index contributed by atoms with van der Waals surface area (Å²) in [5, 5.41) is 13.6. The van der Waals surface area contributed by atoms with E-state index in [1.165, 1.54) is 5.56 Å². The zero-order valence-electron chi connectivity index (χ0n) is 17.7. The van der Waals surface area contributed by atoms with Gasteiger partial charge in [0.05, 0.1) is 11.4 Å². The summed E-state index contributed by atoms with van der Waals surface area (Å²) in [6, 6.07) is 18.2. The van der Waals surface area contributed by atoms with Crippen LogP contribution in [0.25, 0.3) is 0 Å². The van der Waals surface area contributed by atoms with E-state index < -0.39 is 6.10 Å². The number of aliphatic hydroxyl groups is 1. The monoisotopic (exact) mass is 406 g/mol. The van der Waals surface area contributed by atoms with Crippen LogP contribution in [0.4, 0.5) is 0 Å². The van der Waals surface area contributed by atoms with Gasteiger partial charge in [0.25, 0.3) is 0 Å². The highest BCUT2D eigenvalue weighted by molar-refractivity contribution is 5.27. The Morgan fingerprint density at radius 3 is 2.43 bits per heavy atom. The van der Waals surface area contributed by atoms with Crippen molar-refractivity contribution < 1.29 is 9.84 Å². The lowest BCUT2D eigenvalue weighted by molar-refractivity contribution is 0.0744. The smallest absolute Gasteiger partial charge is 0.119 e. The van der Waals surface area contributed by atoms with Gasteiger partial charge in [-0.1, -0.05) is 42.5 Å². The van der Waals surface area contributed by atoms with E-state index in [1.807, 2.05) is 56.4 Å². The predicted octanol–water partition coefficient (Wildman–Crippen LogP) is 2.95. The van der Waals surface area contributed by atoms with Crippen LogP contribution < -0.4 is 10.1 Å². The van der Waals surface area contributed by atoms with Gasteiger partial charge in [-0.05, 0) is 37.2 Å². The normalized spacial score (nSPS) is 12.1. The number of nitrogens with one attached hydrogen (secondary N) is 1. The molecule has 30 heavy (non-hydrogen) atoms. The number of rotatable bonds is 11. The molecule has 1 heterocycles. The number of hydrogen-bond donors (Lipinski definition) is 2. The van der Waals surface area contributed by atoms with Crippen molar-refractivity contribution in [2.45, 2.75) is 32.7 Å². The molecule has 0 aliphatic heterocycles. The number of aliphatic hydroxyl groups excluding tert-OH is 1. The van der Waals surface area contributed by atoms with E-state index in [0.717, 1.165) is 35.8 Å². The lowest BCUT2D eigenvalue weighted by Gasteiger charge is -2.21. The highest BCUT2D eigenvalue weighted by Gasteiger charge is 2.10. The van der Waals surface area contributed by atoms with Crippen LogP contribution in [-0.2, 0) is 19.6 Å². The van der Waals surface area contributed by atoms with E-state index in [2.05, 4.69) is 32.3 Å². The minimum atomic E-state index is -0.546. The minimum absolute atomic E-state index is 0.267. The zero-order valence-corrected chi connectivity index (χ0v) is 17.7. The van der Waals surface area contributed by atoms with Crippen molar-refractivity contribution in [2.24, 2.45) is 0 Å². The second kappa shape index (κ2) is 11.4. The molecule has 0 radical (unpaired) electrons. The summed E-state index contributed by atoms with van der Waals surface area (Å²) >= 11 is 0. The molecule has 6 heteroatoms. The summed E-state index contributed by atoms with van der Waals surface area (Å²) in [5.74, 6) is 0.757. The Balaban J connectivity index is 1.35. The first-order chi connectivity index (χ1) is 14.6. The highest BCUT2D eigenvalue weighted by atomic mass is 16.5. The number of aryl methyl sites for hydroxylation is 1. The van der Waals surface area contributed by atoms with Crippen LogP contribution in [0.1, 0.15) is 22.5 Å². The molecule has 2 aromatic carbocycles. The summed E-state index contributed by atoms with van der Waals surface area (Å²) < 4.78 is 5.74. The summed E-state index contributed by atoms with van der Waals surface area (Å²) in [6.07, 6.45) is 3.02. The Bertz CT molecular complexity index is 870. The van der Waals surface area contributed by atoms with Crippen molar-refractivity contribution >= 4 is 0 Å². The maximum Gasteiger partial charge on any atom is 0.119 e. The Morgan fingerprint density at radius 1 is 0.967 bits per heavy atom. The molecule has 3 aromatic rings. The van der Waals surface area contributed by atoms with Gasteiger partial charge in [0.1, 0.15) is 18.5 Å². The lowest BCUT2D eigenvalue weighted by atomic mass is 10.2. The summed E-state index contributed by atoms with van der Waals surface area (Å²) in [4.78, 5) is 10.7. The quantitative estimate of drug-likeness (QED) is 0.510. The first kappa shape index (κ1) is 21.9. The van der Waals surface area contributed by atoms with Crippen LogP contribution in [0.5, 0.6) is 5.75 Å². The van der Waals surface area contributed by atoms with Crippen LogP contribution in [-0.4, -0.2) is 46.3 Å². The minimum Gasteiger partial charge on any atom is -0.491 e. The molecule has 6 nitrogen and oxygen atoms in total. The summed E-state index contributed by atoms with van der Waals surface area (Å²) in [6.45, 7) is 4.96. The standard InChI is InChI=1S/C24H30N4O2/c1-19-12-27-22(15-26-19)14-25-13-20-8-10-24(11-9-20)30-18-23(29)17-28(2)16-21-6-4-3-5-7-21/h3-12,15,23,25,29H,13-14,16-18H2,1-2H3. The Morgan fingerprint density at radius 2 is 1.73 bits per heavy atom. The van der Waals surface area contributed by atoms with Gasteiger partial charge in [-0.15, -0.1) is 0 Å². The van der Waals surface area contributed by atoms with Crippen molar-refractivity contribution in [3.8, 4) is 5.75 Å². The first-order valence-electron chi connectivity index (χ1n) is 10.2. The number of benzene rings is 2. The third kappa shape index (κ3) is 7.55. The molecule has 158 valence electrons. The van der Waals surface area contributed by atoms with Gasteiger partial charge in [0.2, 0.25) is 0 Å². The van der Waals surface area contributed by atoms with Gasteiger partial charge < -0.3 is 15.2 Å². The molecule has 0 saturated carbocycles. The van der Waals surface area contributed by atoms with Gasteiger partial charge in [-0.3, -0.25) is 14.9 Å². The largest absolute Gasteiger partial charge is 0.491 e. The van der Waals surface area contributed by atoms with Crippen LogP contribution in [0.15, 0.2) is 67.0 Å². The molecule has 1 aromatic heterocycles. The SMILES string of the molecule is Cc1cnc(CNCc2ccc(OCC(O)CN(C)Cc3ccccc3)cc2)cn1. The van der Waals surface area contributed by atoms with E-state index in [-0.39, 0.29) is 6.61 Å². The van der Waals surface area contributed by atoms with Gasteiger partial charge >= 0.3 is 0 Å². The number of likely N-dealkylation sites (N-methyl/N-ethyl adjacent to an activating group) is 1. The fourth-order valence-corrected chi connectivity index (χ4v) is 3.11. The van der Waals surface area contributed by atoms with Gasteiger partial charge in [0, 0.05) is 38.6 Å². The average Bonchev–Trinajstić information content (AvgIpc) is 2.75. The summed E-state index contributed by atoms with van der Waals surface area (Å²) in [7, 11) is 2.00. The van der Waals surface area contributed by atoms with Crippen LogP contribution in [0.3, 0.4) is 0 Å². The molecule has 0 aliphatic rings. The predicted molar refractivity (Wildman–Crippen MR) is 118 cm³/mol. The number of hydrogen-bond acceptors (Lipinski definition) is 6. The highest BCUT2D eigenvalue weighted by Crippen LogP contribution is 2.13. The third-order valence-corrected chi connectivity index (χ3v) is 4.65. The first-order valence-corrected chi connectivity index (χ1v) is 10.2. The molecular formula is C24H30N4O2. The van der Waals surface area contributed by atoms with Crippen molar-refractivity contribution in [1.29, 1.82) is 0 Å². The van der Waals surface area contributed by atoms with Crippen LogP contribution in [0, 0.1) is 6.92 Å². The molecule has 0 aliphatic carbocycles. The molecule has 2 N–H and O–H groups in total. The van der Waals surface area contributed by atoms with Crippen LogP contribution >= 0.6 is 0 Å². The summed E-state index contributed by atoms with van der Waals surface area (Å²) in [5.41, 5.74) is 4.23. The van der Waals surface area contributed by atoms with Gasteiger partial charge in [-0.25, -0.2) is 0 Å². The molecule has 1 unspecified atom stereocenters. The lowest BCUT2D eigenvalue weighted by Crippen LogP contribution is -2.32. The van der Waals surface area contributed by atoms with E-state index in [1.54, 1.807) is 12.4 Å². The van der Waals surface area contributed by atoms with Gasteiger partial charge in [-0.2, -0.15) is 0 Å². The second-order valence-corrected chi connectivity index (χ2v) is 7.54. The van der Waals surface area contributed by atoms with Crippen molar-refractivity contribution in [3.05, 3.63) is 89.5 Å². The second-order valence-electron chi connectivity index (χ2n) is 7.54. The molecule has 1 atom stereocenters.